The van der Waals surface area contributed by atoms with Crippen molar-refractivity contribution in [1.82, 2.24) is 9.38 Å². The molecule has 0 saturated carbocycles. The molecule has 0 atom stereocenters. The Hall–Kier alpha value is -1.84. The van der Waals surface area contributed by atoms with Crippen molar-refractivity contribution in [3.05, 3.63) is 35.3 Å². The third kappa shape index (κ3) is 1.23. The summed E-state index contributed by atoms with van der Waals surface area (Å²) < 4.78 is 1.79. The van der Waals surface area contributed by atoms with Crippen LogP contribution in [0.15, 0.2) is 18.2 Å². The third-order valence-corrected chi connectivity index (χ3v) is 3.12. The van der Waals surface area contributed by atoms with E-state index in [1.165, 1.54) is 0 Å². The fourth-order valence-electron chi connectivity index (χ4n) is 2.41. The summed E-state index contributed by atoms with van der Waals surface area (Å²) in [5.41, 5.74) is 3.22. The fourth-order valence-corrected chi connectivity index (χ4v) is 2.41. The molecule has 16 heavy (non-hydrogen) atoms. The average molecular weight is 216 g/mol. The lowest BCUT2D eigenvalue weighted by atomic mass is 10.0. The van der Waals surface area contributed by atoms with Crippen molar-refractivity contribution in [2.24, 2.45) is 0 Å². The minimum Gasteiger partial charge on any atom is -0.477 e. The number of imidazole rings is 1. The van der Waals surface area contributed by atoms with Gasteiger partial charge in [-0.1, -0.05) is 6.07 Å². The van der Waals surface area contributed by atoms with Crippen LogP contribution >= 0.6 is 0 Å². The van der Waals surface area contributed by atoms with Gasteiger partial charge >= 0.3 is 5.97 Å². The Morgan fingerprint density at radius 3 is 2.94 bits per heavy atom. The smallest absolute Gasteiger partial charge is 0.352 e. The molecule has 1 aliphatic rings. The van der Waals surface area contributed by atoms with Gasteiger partial charge in [-0.15, -0.1) is 0 Å². The second kappa shape index (κ2) is 3.33. The van der Waals surface area contributed by atoms with E-state index in [1.54, 1.807) is 16.5 Å². The van der Waals surface area contributed by atoms with E-state index in [2.05, 4.69) is 4.98 Å². The van der Waals surface area contributed by atoms with Gasteiger partial charge in [0, 0.05) is 5.69 Å². The first-order chi connectivity index (χ1) is 7.77. The molecule has 2 aromatic heterocycles. The van der Waals surface area contributed by atoms with Gasteiger partial charge in [-0.3, -0.25) is 4.40 Å². The molecule has 1 N–H and O–H groups in total. The molecule has 82 valence electrons. The SMILES string of the molecule is O=C(O)c1cccc2nc3c(n12)CCCC3. The summed E-state index contributed by atoms with van der Waals surface area (Å²) in [6.45, 7) is 0. The van der Waals surface area contributed by atoms with Crippen molar-refractivity contribution in [3.63, 3.8) is 0 Å². The predicted octanol–water partition coefficient (Wildman–Crippen LogP) is 1.91. The summed E-state index contributed by atoms with van der Waals surface area (Å²) in [5, 5.41) is 9.15. The van der Waals surface area contributed by atoms with Crippen LogP contribution in [0, 0.1) is 0 Å². The van der Waals surface area contributed by atoms with Crippen molar-refractivity contribution < 1.29 is 9.90 Å². The van der Waals surface area contributed by atoms with E-state index in [1.807, 2.05) is 6.07 Å². The average Bonchev–Trinajstić information content (AvgIpc) is 2.66. The summed E-state index contributed by atoms with van der Waals surface area (Å²) in [4.78, 5) is 15.6. The largest absolute Gasteiger partial charge is 0.477 e. The Morgan fingerprint density at radius 1 is 1.31 bits per heavy atom. The minimum atomic E-state index is -0.892. The molecule has 0 aliphatic heterocycles. The van der Waals surface area contributed by atoms with Crippen molar-refractivity contribution in [1.29, 1.82) is 0 Å². The minimum absolute atomic E-state index is 0.313. The fraction of sp³-hybridized carbons (Fsp3) is 0.333. The lowest BCUT2D eigenvalue weighted by Gasteiger charge is -2.11. The number of aryl methyl sites for hydroxylation is 2. The molecule has 2 heterocycles. The Kier molecular flexibility index (Phi) is 1.96. The predicted molar refractivity (Wildman–Crippen MR) is 58.8 cm³/mol. The molecule has 3 rings (SSSR count). The highest BCUT2D eigenvalue weighted by molar-refractivity contribution is 5.86. The van der Waals surface area contributed by atoms with Crippen molar-refractivity contribution >= 4 is 11.6 Å². The van der Waals surface area contributed by atoms with Gasteiger partial charge in [-0.25, -0.2) is 9.78 Å². The van der Waals surface area contributed by atoms with E-state index in [9.17, 15) is 4.79 Å². The highest BCUT2D eigenvalue weighted by atomic mass is 16.4. The molecule has 0 amide bonds. The van der Waals surface area contributed by atoms with Crippen LogP contribution in [-0.4, -0.2) is 20.5 Å². The third-order valence-electron chi connectivity index (χ3n) is 3.12. The monoisotopic (exact) mass is 216 g/mol. The second-order valence-electron chi connectivity index (χ2n) is 4.12. The van der Waals surface area contributed by atoms with E-state index in [4.69, 9.17) is 5.11 Å². The van der Waals surface area contributed by atoms with Crippen molar-refractivity contribution in [2.75, 3.05) is 0 Å². The van der Waals surface area contributed by atoms with Gasteiger partial charge in [0.25, 0.3) is 0 Å². The molecule has 0 spiro atoms. The van der Waals surface area contributed by atoms with Gasteiger partial charge in [0.2, 0.25) is 0 Å². The molecule has 2 aromatic rings. The molecular formula is C12H12N2O2. The lowest BCUT2D eigenvalue weighted by Crippen LogP contribution is -2.10. The van der Waals surface area contributed by atoms with Crippen LogP contribution in [-0.2, 0) is 12.8 Å². The first-order valence-electron chi connectivity index (χ1n) is 5.50. The number of aromatic nitrogens is 2. The van der Waals surface area contributed by atoms with Gasteiger partial charge in [-0.2, -0.15) is 0 Å². The molecule has 0 unspecified atom stereocenters. The molecule has 0 radical (unpaired) electrons. The summed E-state index contributed by atoms with van der Waals surface area (Å²) in [6.07, 6.45) is 4.17. The summed E-state index contributed by atoms with van der Waals surface area (Å²) in [7, 11) is 0. The number of pyridine rings is 1. The summed E-state index contributed by atoms with van der Waals surface area (Å²) in [5.74, 6) is -0.892. The van der Waals surface area contributed by atoms with Crippen LogP contribution in [0.4, 0.5) is 0 Å². The molecule has 0 bridgehead atoms. The van der Waals surface area contributed by atoms with Crippen molar-refractivity contribution in [3.8, 4) is 0 Å². The summed E-state index contributed by atoms with van der Waals surface area (Å²) in [6, 6.07) is 5.24. The molecule has 1 aliphatic carbocycles. The van der Waals surface area contributed by atoms with Gasteiger partial charge in [0.15, 0.2) is 0 Å². The highest BCUT2D eigenvalue weighted by Gasteiger charge is 2.19. The van der Waals surface area contributed by atoms with Gasteiger partial charge in [-0.05, 0) is 37.8 Å². The number of hydrogen-bond donors (Lipinski definition) is 1. The van der Waals surface area contributed by atoms with Crippen LogP contribution in [0.1, 0.15) is 34.7 Å². The van der Waals surface area contributed by atoms with Gasteiger partial charge in [0.05, 0.1) is 5.69 Å². The van der Waals surface area contributed by atoms with E-state index in [-0.39, 0.29) is 0 Å². The highest BCUT2D eigenvalue weighted by Crippen LogP contribution is 2.23. The maximum absolute atomic E-state index is 11.2. The zero-order valence-electron chi connectivity index (χ0n) is 8.81. The van der Waals surface area contributed by atoms with Gasteiger partial charge in [0.1, 0.15) is 11.3 Å². The van der Waals surface area contributed by atoms with Crippen LogP contribution in [0.25, 0.3) is 5.65 Å². The number of hydrogen-bond acceptors (Lipinski definition) is 2. The standard InChI is InChI=1S/C12H12N2O2/c15-12(16)10-6-3-7-11-13-8-4-1-2-5-9(8)14(10)11/h3,6-7H,1-2,4-5H2,(H,15,16). The second-order valence-corrected chi connectivity index (χ2v) is 4.12. The van der Waals surface area contributed by atoms with Crippen molar-refractivity contribution in [2.45, 2.75) is 25.7 Å². The van der Waals surface area contributed by atoms with E-state index in [0.717, 1.165) is 42.7 Å². The maximum Gasteiger partial charge on any atom is 0.352 e. The maximum atomic E-state index is 11.2. The van der Waals surface area contributed by atoms with Crippen LogP contribution in [0.5, 0.6) is 0 Å². The number of carbonyl (C=O) groups is 1. The van der Waals surface area contributed by atoms with E-state index >= 15 is 0 Å². The lowest BCUT2D eigenvalue weighted by molar-refractivity contribution is 0.0688. The van der Waals surface area contributed by atoms with E-state index in [0.29, 0.717) is 5.69 Å². The Labute approximate surface area is 92.5 Å². The molecule has 4 nitrogen and oxygen atoms in total. The first-order valence-corrected chi connectivity index (χ1v) is 5.50. The molecule has 4 heteroatoms. The van der Waals surface area contributed by atoms with Gasteiger partial charge < -0.3 is 5.11 Å². The Bertz CT molecular complexity index is 572. The number of fused-ring (bicyclic) bond motifs is 3. The molecule has 0 fully saturated rings. The zero-order chi connectivity index (χ0) is 11.1. The first kappa shape index (κ1) is 9.39. The van der Waals surface area contributed by atoms with Crippen LogP contribution < -0.4 is 0 Å². The zero-order valence-corrected chi connectivity index (χ0v) is 8.81. The number of nitrogens with zero attached hydrogens (tertiary/aromatic N) is 2. The Morgan fingerprint density at radius 2 is 2.12 bits per heavy atom. The molecule has 0 aromatic carbocycles. The molecule has 0 saturated heterocycles. The molecular weight excluding hydrogens is 204 g/mol. The quantitative estimate of drug-likeness (QED) is 0.792. The topological polar surface area (TPSA) is 54.6 Å². The number of rotatable bonds is 1. The summed E-state index contributed by atoms with van der Waals surface area (Å²) >= 11 is 0. The number of carboxylic acids is 1. The number of carboxylic acid groups (broad SMARTS) is 1. The van der Waals surface area contributed by atoms with E-state index < -0.39 is 5.97 Å². The van der Waals surface area contributed by atoms with Crippen LogP contribution in [0.3, 0.4) is 0 Å². The normalized spacial score (nSPS) is 15.0. The van der Waals surface area contributed by atoms with Crippen LogP contribution in [0.2, 0.25) is 0 Å². The Balaban J connectivity index is 2.36. The number of aromatic carboxylic acids is 1.